The smallest absolute Gasteiger partial charge is 0.269 e. The number of fused-ring (bicyclic) bond motifs is 6. The highest BCUT2D eigenvalue weighted by molar-refractivity contribution is 6.08. The maximum Gasteiger partial charge on any atom is 0.269 e. The number of ether oxygens (including phenoxy) is 1. The topological polar surface area (TPSA) is 102 Å². The van der Waals surface area contributed by atoms with Crippen molar-refractivity contribution in [1.82, 2.24) is 5.01 Å². The number of carbonyl (C=O) groups excluding carboxylic acids is 2. The summed E-state index contributed by atoms with van der Waals surface area (Å²) >= 11 is 0. The molecule has 174 valence electrons. The monoisotopic (exact) mass is 467 g/mol. The zero-order chi connectivity index (χ0) is 24.1. The number of hydrogen-bond acceptors (Lipinski definition) is 6. The lowest BCUT2D eigenvalue weighted by Crippen LogP contribution is -2.28. The number of non-ortho nitro benzene ring substituents is 1. The minimum absolute atomic E-state index is 0.00791. The fourth-order valence-electron chi connectivity index (χ4n) is 5.57. The first-order chi connectivity index (χ1) is 17.0. The predicted molar refractivity (Wildman–Crippen MR) is 129 cm³/mol. The van der Waals surface area contributed by atoms with Crippen LogP contribution in [0.5, 0.6) is 5.75 Å². The fraction of sp³-hybridized carbons (Fsp3) is 0.222. The van der Waals surface area contributed by atoms with Crippen LogP contribution in [0.3, 0.4) is 0 Å². The van der Waals surface area contributed by atoms with Crippen molar-refractivity contribution in [2.75, 3.05) is 0 Å². The van der Waals surface area contributed by atoms with Gasteiger partial charge in [-0.05, 0) is 40.7 Å². The van der Waals surface area contributed by atoms with E-state index in [-0.39, 0.29) is 47.8 Å². The Bertz CT molecular complexity index is 1420. The van der Waals surface area contributed by atoms with Crippen molar-refractivity contribution >= 4 is 34.5 Å². The van der Waals surface area contributed by atoms with Crippen molar-refractivity contribution in [3.05, 3.63) is 94.1 Å². The SMILES string of the molecule is O=C1[C@@H]2[C@H](C(=O)N1N=Cc1c(OCc3cccc([N+](=O)[O-])c3)ccc3ccccc13)[C@H]1C=C[C@H]2C1. The Balaban J connectivity index is 1.31. The molecule has 4 atom stereocenters. The molecule has 3 aromatic carbocycles. The first-order valence-corrected chi connectivity index (χ1v) is 11.5. The second-order valence-electron chi connectivity index (χ2n) is 9.15. The van der Waals surface area contributed by atoms with E-state index < -0.39 is 4.92 Å². The number of nitro benzene ring substituents is 1. The Morgan fingerprint density at radius 1 is 1.00 bits per heavy atom. The zero-order valence-electron chi connectivity index (χ0n) is 18.6. The van der Waals surface area contributed by atoms with Crippen LogP contribution in [0, 0.1) is 33.8 Å². The van der Waals surface area contributed by atoms with Crippen LogP contribution >= 0.6 is 0 Å². The van der Waals surface area contributed by atoms with Gasteiger partial charge in [0.15, 0.2) is 0 Å². The number of nitro groups is 1. The van der Waals surface area contributed by atoms with Gasteiger partial charge in [0.25, 0.3) is 17.5 Å². The highest BCUT2D eigenvalue weighted by atomic mass is 16.6. The molecule has 0 radical (unpaired) electrons. The van der Waals surface area contributed by atoms with Crippen LogP contribution in [-0.4, -0.2) is 28.0 Å². The van der Waals surface area contributed by atoms with Crippen molar-refractivity contribution in [2.45, 2.75) is 13.0 Å². The van der Waals surface area contributed by atoms with E-state index in [1.54, 1.807) is 18.2 Å². The molecular weight excluding hydrogens is 446 g/mol. The van der Waals surface area contributed by atoms with Crippen molar-refractivity contribution in [2.24, 2.45) is 28.8 Å². The summed E-state index contributed by atoms with van der Waals surface area (Å²) in [6.07, 6.45) is 6.48. The van der Waals surface area contributed by atoms with Gasteiger partial charge in [-0.25, -0.2) is 0 Å². The lowest BCUT2D eigenvalue weighted by Gasteiger charge is -2.14. The number of nitrogens with zero attached hydrogens (tertiary/aromatic N) is 3. The van der Waals surface area contributed by atoms with Gasteiger partial charge in [-0.15, -0.1) is 0 Å². The Morgan fingerprint density at radius 3 is 2.49 bits per heavy atom. The van der Waals surface area contributed by atoms with Crippen LogP contribution in [0.25, 0.3) is 10.8 Å². The van der Waals surface area contributed by atoms with Gasteiger partial charge in [-0.3, -0.25) is 19.7 Å². The molecule has 8 heteroatoms. The summed E-state index contributed by atoms with van der Waals surface area (Å²) in [4.78, 5) is 36.7. The molecule has 2 bridgehead atoms. The van der Waals surface area contributed by atoms with E-state index in [2.05, 4.69) is 17.3 Å². The number of allylic oxidation sites excluding steroid dienone is 2. The molecule has 6 rings (SSSR count). The summed E-state index contributed by atoms with van der Waals surface area (Å²) in [6.45, 7) is 0.113. The largest absolute Gasteiger partial charge is 0.488 e. The minimum Gasteiger partial charge on any atom is -0.488 e. The van der Waals surface area contributed by atoms with Gasteiger partial charge in [0, 0.05) is 17.7 Å². The van der Waals surface area contributed by atoms with Gasteiger partial charge in [0.05, 0.1) is 23.0 Å². The highest BCUT2D eigenvalue weighted by Gasteiger charge is 2.59. The molecule has 3 aromatic rings. The van der Waals surface area contributed by atoms with Crippen LogP contribution in [0.1, 0.15) is 17.5 Å². The third-order valence-electron chi connectivity index (χ3n) is 7.20. The number of rotatable bonds is 6. The Morgan fingerprint density at radius 2 is 1.74 bits per heavy atom. The van der Waals surface area contributed by atoms with Crippen molar-refractivity contribution in [1.29, 1.82) is 0 Å². The van der Waals surface area contributed by atoms with Crippen molar-refractivity contribution in [3.63, 3.8) is 0 Å². The summed E-state index contributed by atoms with van der Waals surface area (Å²) in [5.74, 6) is -0.376. The van der Waals surface area contributed by atoms with E-state index in [9.17, 15) is 19.7 Å². The number of hydrazone groups is 1. The van der Waals surface area contributed by atoms with E-state index in [1.807, 2.05) is 30.3 Å². The number of carbonyl (C=O) groups is 2. The molecule has 1 saturated carbocycles. The molecule has 0 spiro atoms. The van der Waals surface area contributed by atoms with Crippen molar-refractivity contribution in [3.8, 4) is 5.75 Å². The van der Waals surface area contributed by atoms with Gasteiger partial charge in [0.2, 0.25) is 0 Å². The molecule has 0 aromatic heterocycles. The number of amides is 2. The molecule has 2 fully saturated rings. The molecule has 1 saturated heterocycles. The van der Waals surface area contributed by atoms with E-state index in [4.69, 9.17) is 4.74 Å². The second-order valence-corrected chi connectivity index (χ2v) is 9.15. The average Bonchev–Trinajstić information content (AvgIpc) is 3.56. The van der Waals surface area contributed by atoms with E-state index in [0.29, 0.717) is 16.9 Å². The van der Waals surface area contributed by atoms with Gasteiger partial charge < -0.3 is 4.74 Å². The Labute approximate surface area is 200 Å². The molecule has 3 aliphatic rings. The first-order valence-electron chi connectivity index (χ1n) is 11.5. The maximum atomic E-state index is 13.0. The molecule has 35 heavy (non-hydrogen) atoms. The molecule has 2 aliphatic carbocycles. The van der Waals surface area contributed by atoms with Gasteiger partial charge in [-0.1, -0.05) is 54.6 Å². The third kappa shape index (κ3) is 3.49. The molecule has 8 nitrogen and oxygen atoms in total. The number of benzene rings is 3. The third-order valence-corrected chi connectivity index (χ3v) is 7.20. The van der Waals surface area contributed by atoms with Gasteiger partial charge in [0.1, 0.15) is 12.4 Å². The molecule has 1 heterocycles. The molecule has 0 N–H and O–H groups in total. The Kier molecular flexibility index (Phi) is 4.95. The van der Waals surface area contributed by atoms with Gasteiger partial charge in [-0.2, -0.15) is 10.1 Å². The standard InChI is InChI=1S/C27H21N3O5/c31-26-24-18-8-9-19(13-18)25(24)27(32)29(26)28-14-22-21-7-2-1-5-17(21)10-11-23(22)35-15-16-4-3-6-20(12-16)30(33)34/h1-12,14,18-19,24-25H,13,15H2/t18-,19-,24-,25+/m0/s1. The maximum absolute atomic E-state index is 13.0. The molecule has 0 unspecified atom stereocenters. The molecular formula is C27H21N3O5. The lowest BCUT2D eigenvalue weighted by atomic mass is 9.85. The predicted octanol–water partition coefficient (Wildman–Crippen LogP) is 4.47. The minimum atomic E-state index is -0.446. The van der Waals surface area contributed by atoms with Gasteiger partial charge >= 0.3 is 0 Å². The fourth-order valence-corrected chi connectivity index (χ4v) is 5.57. The normalized spacial score (nSPS) is 24.6. The summed E-state index contributed by atoms with van der Waals surface area (Å²) in [7, 11) is 0. The highest BCUT2D eigenvalue weighted by Crippen LogP contribution is 2.52. The van der Waals surface area contributed by atoms with Crippen LogP contribution in [-0.2, 0) is 16.2 Å². The van der Waals surface area contributed by atoms with Crippen LogP contribution < -0.4 is 4.74 Å². The quantitative estimate of drug-likeness (QED) is 0.175. The van der Waals surface area contributed by atoms with E-state index in [1.165, 1.54) is 18.3 Å². The summed E-state index contributed by atoms with van der Waals surface area (Å²) in [6, 6.07) is 17.7. The zero-order valence-corrected chi connectivity index (χ0v) is 18.6. The molecule has 2 amide bonds. The van der Waals surface area contributed by atoms with E-state index in [0.717, 1.165) is 22.2 Å². The van der Waals surface area contributed by atoms with Crippen LogP contribution in [0.15, 0.2) is 77.9 Å². The van der Waals surface area contributed by atoms with Crippen LogP contribution in [0.4, 0.5) is 5.69 Å². The Hall–Kier alpha value is -4.33. The second kappa shape index (κ2) is 8.16. The first kappa shape index (κ1) is 21.2. The average molecular weight is 467 g/mol. The summed E-state index contributed by atoms with van der Waals surface area (Å²) in [5, 5.41) is 18.3. The van der Waals surface area contributed by atoms with Crippen LogP contribution in [0.2, 0.25) is 0 Å². The number of hydrogen-bond donors (Lipinski definition) is 0. The van der Waals surface area contributed by atoms with Crippen molar-refractivity contribution < 1.29 is 19.2 Å². The summed E-state index contributed by atoms with van der Waals surface area (Å²) < 4.78 is 6.04. The summed E-state index contributed by atoms with van der Waals surface area (Å²) in [5.41, 5.74) is 1.27. The number of imide groups is 1. The lowest BCUT2D eigenvalue weighted by molar-refractivity contribution is -0.384. The van der Waals surface area contributed by atoms with E-state index >= 15 is 0 Å². The molecule has 1 aliphatic heterocycles.